The molecule has 1 N–H and O–H groups in total. The van der Waals surface area contributed by atoms with Crippen LogP contribution in [0.3, 0.4) is 0 Å². The summed E-state index contributed by atoms with van der Waals surface area (Å²) in [7, 11) is 1.38. The summed E-state index contributed by atoms with van der Waals surface area (Å²) in [4.78, 5) is 30.6. The molecule has 214 valence electrons. The maximum Gasteiger partial charge on any atom is 0.308 e. The van der Waals surface area contributed by atoms with Crippen LogP contribution in [0, 0.1) is 24.5 Å². The summed E-state index contributed by atoms with van der Waals surface area (Å²) in [6.45, 7) is 1.88. The first-order valence-electron chi connectivity index (χ1n) is 13.5. The number of hydrogen-bond acceptors (Lipinski definition) is 7. The van der Waals surface area contributed by atoms with E-state index in [-0.39, 0.29) is 66.7 Å². The van der Waals surface area contributed by atoms with Gasteiger partial charge >= 0.3 is 5.97 Å². The van der Waals surface area contributed by atoms with Crippen LogP contribution >= 0.6 is 0 Å². The van der Waals surface area contributed by atoms with Crippen LogP contribution in [0.1, 0.15) is 43.2 Å². The summed E-state index contributed by atoms with van der Waals surface area (Å²) in [5.74, 6) is -1.92. The van der Waals surface area contributed by atoms with E-state index in [0.717, 1.165) is 5.56 Å². The van der Waals surface area contributed by atoms with E-state index in [4.69, 9.17) is 13.9 Å². The molecule has 1 saturated heterocycles. The molecule has 3 aromatic rings. The highest BCUT2D eigenvalue weighted by molar-refractivity contribution is 5.83. The predicted octanol–water partition coefficient (Wildman–Crippen LogP) is 5.39. The number of aryl methyl sites for hydroxylation is 1. The lowest BCUT2D eigenvalue weighted by Crippen LogP contribution is -2.40. The maximum atomic E-state index is 15.4. The lowest BCUT2D eigenvalue weighted by Gasteiger charge is -2.30. The van der Waals surface area contributed by atoms with Gasteiger partial charge in [-0.25, -0.2) is 13.2 Å². The number of anilines is 2. The number of nitrogens with one attached hydrogen (secondary N) is 1. The van der Waals surface area contributed by atoms with Crippen LogP contribution in [0.2, 0.25) is 0 Å². The van der Waals surface area contributed by atoms with Gasteiger partial charge in [0.25, 0.3) is 6.01 Å². The Bertz CT molecular complexity index is 1390. The summed E-state index contributed by atoms with van der Waals surface area (Å²) in [6.07, 6.45) is 1.34. The summed E-state index contributed by atoms with van der Waals surface area (Å²) in [5.41, 5.74) is 1.39. The fourth-order valence-electron chi connectivity index (χ4n) is 5.50. The first-order chi connectivity index (χ1) is 19.2. The Morgan fingerprint density at radius 1 is 1.15 bits per heavy atom. The van der Waals surface area contributed by atoms with Gasteiger partial charge in [0, 0.05) is 17.7 Å². The highest BCUT2D eigenvalue weighted by Gasteiger charge is 2.37. The van der Waals surface area contributed by atoms with Crippen molar-refractivity contribution in [1.82, 2.24) is 9.88 Å². The van der Waals surface area contributed by atoms with E-state index in [1.807, 2.05) is 0 Å². The Labute approximate surface area is 229 Å². The zero-order chi connectivity index (χ0) is 28.4. The molecular weight excluding hydrogens is 527 g/mol. The second-order valence-corrected chi connectivity index (χ2v) is 10.5. The third kappa shape index (κ3) is 6.09. The number of carbonyl (C=O) groups excluding carboxylic acids is 2. The van der Waals surface area contributed by atoms with Crippen molar-refractivity contribution in [2.24, 2.45) is 5.92 Å². The summed E-state index contributed by atoms with van der Waals surface area (Å²) >= 11 is 0. The van der Waals surface area contributed by atoms with Gasteiger partial charge in [-0.1, -0.05) is 12.1 Å². The van der Waals surface area contributed by atoms with E-state index < -0.39 is 29.8 Å². The number of aromatic nitrogens is 1. The van der Waals surface area contributed by atoms with E-state index in [1.165, 1.54) is 30.2 Å². The number of carbonyl (C=O) groups is 2. The van der Waals surface area contributed by atoms with Gasteiger partial charge in [-0.05, 0) is 56.4 Å². The lowest BCUT2D eigenvalue weighted by molar-refractivity contribution is -0.148. The third-order valence-corrected chi connectivity index (χ3v) is 7.78. The number of fused-ring (bicyclic) bond motifs is 1. The van der Waals surface area contributed by atoms with Crippen molar-refractivity contribution in [2.45, 2.75) is 63.8 Å². The molecule has 0 spiro atoms. The van der Waals surface area contributed by atoms with Gasteiger partial charge in [-0.15, -0.1) is 0 Å². The molecule has 2 aliphatic rings. The molecule has 1 saturated carbocycles. The standard InChI is InChI=1S/C29H32F3N3O5/c1-16-3-7-19(30)13-24(16)34-29-33-23-10-6-18(26(32)27(23)40-29)11-25(36)35-14-20(31)12-21(35)15-39-22-8-4-17(5-9-22)28(37)38-2/h3,6-7,10,13,17,20-22H,4-5,8-9,11-12,14-15H2,1-2H3,(H,33,34)/t17?,20-,21-,22?/m0/s1. The number of likely N-dealkylation sites (tertiary alicyclic amines) is 1. The molecule has 5 rings (SSSR count). The van der Waals surface area contributed by atoms with Gasteiger partial charge in [0.2, 0.25) is 5.91 Å². The molecule has 2 heterocycles. The Hall–Kier alpha value is -3.60. The number of nitrogens with zero attached hydrogens (tertiary/aromatic N) is 2. The van der Waals surface area contributed by atoms with Crippen molar-refractivity contribution in [2.75, 3.05) is 25.6 Å². The van der Waals surface area contributed by atoms with E-state index in [1.54, 1.807) is 19.1 Å². The number of oxazole rings is 1. The van der Waals surface area contributed by atoms with Crippen LogP contribution in [0.15, 0.2) is 34.7 Å². The topological polar surface area (TPSA) is 93.9 Å². The molecule has 11 heteroatoms. The smallest absolute Gasteiger partial charge is 0.308 e. The Morgan fingerprint density at radius 3 is 2.67 bits per heavy atom. The number of hydrogen-bond donors (Lipinski definition) is 1. The molecule has 1 amide bonds. The first kappa shape index (κ1) is 27.9. The van der Waals surface area contributed by atoms with Crippen molar-refractivity contribution in [3.05, 3.63) is 53.1 Å². The van der Waals surface area contributed by atoms with Gasteiger partial charge in [0.1, 0.15) is 17.5 Å². The number of benzene rings is 2. The number of alkyl halides is 1. The van der Waals surface area contributed by atoms with Crippen LogP contribution in [0.4, 0.5) is 24.9 Å². The monoisotopic (exact) mass is 559 g/mol. The third-order valence-electron chi connectivity index (χ3n) is 7.78. The number of amides is 1. The number of esters is 1. The van der Waals surface area contributed by atoms with Gasteiger partial charge < -0.3 is 24.1 Å². The fourth-order valence-corrected chi connectivity index (χ4v) is 5.50. The average molecular weight is 560 g/mol. The Balaban J connectivity index is 1.22. The number of halogens is 3. The molecule has 0 radical (unpaired) electrons. The van der Waals surface area contributed by atoms with E-state index in [9.17, 15) is 18.4 Å². The van der Waals surface area contributed by atoms with Gasteiger partial charge in [-0.2, -0.15) is 4.98 Å². The quantitative estimate of drug-likeness (QED) is 0.370. The van der Waals surface area contributed by atoms with Crippen molar-refractivity contribution >= 4 is 34.7 Å². The minimum atomic E-state index is -1.19. The van der Waals surface area contributed by atoms with E-state index in [2.05, 4.69) is 10.3 Å². The van der Waals surface area contributed by atoms with Gasteiger partial charge in [0.05, 0.1) is 44.7 Å². The number of methoxy groups -OCH3 is 1. The minimum absolute atomic E-state index is 0.0104. The van der Waals surface area contributed by atoms with Crippen molar-refractivity contribution < 1.29 is 36.7 Å². The van der Waals surface area contributed by atoms with Gasteiger partial charge in [0.15, 0.2) is 11.4 Å². The van der Waals surface area contributed by atoms with E-state index >= 15 is 4.39 Å². The highest BCUT2D eigenvalue weighted by Crippen LogP contribution is 2.31. The van der Waals surface area contributed by atoms with Crippen LogP contribution in [-0.2, 0) is 25.5 Å². The molecule has 0 unspecified atom stereocenters. The normalized spacial score (nSPS) is 23.0. The predicted molar refractivity (Wildman–Crippen MR) is 141 cm³/mol. The second kappa shape index (κ2) is 11.9. The van der Waals surface area contributed by atoms with Crippen molar-refractivity contribution in [1.29, 1.82) is 0 Å². The van der Waals surface area contributed by atoms with Crippen LogP contribution in [0.5, 0.6) is 0 Å². The van der Waals surface area contributed by atoms with Crippen LogP contribution in [-0.4, -0.2) is 60.3 Å². The highest BCUT2D eigenvalue weighted by atomic mass is 19.1. The largest absolute Gasteiger partial charge is 0.469 e. The van der Waals surface area contributed by atoms with Crippen LogP contribution < -0.4 is 5.32 Å². The molecule has 2 atom stereocenters. The molecule has 1 aliphatic heterocycles. The average Bonchev–Trinajstić information content (AvgIpc) is 3.54. The van der Waals surface area contributed by atoms with Crippen molar-refractivity contribution in [3.63, 3.8) is 0 Å². The van der Waals surface area contributed by atoms with Crippen molar-refractivity contribution in [3.8, 4) is 0 Å². The zero-order valence-electron chi connectivity index (χ0n) is 22.4. The van der Waals surface area contributed by atoms with Gasteiger partial charge in [-0.3, -0.25) is 9.59 Å². The SMILES string of the molecule is COC(=O)C1CCC(OC[C@@H]2C[C@H](F)CN2C(=O)Cc2ccc3nc(Nc4cc(F)ccc4C)oc3c2F)CC1. The molecular formula is C29H32F3N3O5. The molecule has 40 heavy (non-hydrogen) atoms. The Morgan fingerprint density at radius 2 is 1.93 bits per heavy atom. The van der Waals surface area contributed by atoms with Crippen LogP contribution in [0.25, 0.3) is 11.1 Å². The zero-order valence-corrected chi connectivity index (χ0v) is 22.4. The summed E-state index contributed by atoms with van der Waals surface area (Å²) in [5, 5.41) is 2.86. The fraction of sp³-hybridized carbons (Fsp3) is 0.483. The summed E-state index contributed by atoms with van der Waals surface area (Å²) in [6, 6.07) is 6.75. The Kier molecular flexibility index (Phi) is 8.30. The second-order valence-electron chi connectivity index (χ2n) is 10.5. The lowest BCUT2D eigenvalue weighted by atomic mass is 9.87. The molecule has 0 bridgehead atoms. The summed E-state index contributed by atoms with van der Waals surface area (Å²) < 4.78 is 59.8. The molecule has 1 aromatic heterocycles. The number of ether oxygens (including phenoxy) is 2. The molecule has 2 fully saturated rings. The minimum Gasteiger partial charge on any atom is -0.469 e. The molecule has 2 aromatic carbocycles. The van der Waals surface area contributed by atoms with E-state index in [0.29, 0.717) is 31.4 Å². The maximum absolute atomic E-state index is 15.4. The molecule has 1 aliphatic carbocycles. The number of rotatable bonds is 8. The molecule has 8 nitrogen and oxygen atoms in total. The first-order valence-corrected chi connectivity index (χ1v) is 13.5.